The van der Waals surface area contributed by atoms with E-state index in [1.807, 2.05) is 34.6 Å². The first-order valence-corrected chi connectivity index (χ1v) is 33.4. The Bertz CT molecular complexity index is 3640. The lowest BCUT2D eigenvalue weighted by Crippen LogP contribution is -2.51. The van der Waals surface area contributed by atoms with Crippen LogP contribution in [-0.2, 0) is 59.7 Å². The number of hydrogen-bond donors (Lipinski definition) is 6. The lowest BCUT2D eigenvalue weighted by Gasteiger charge is -2.32. The number of amides is 9. The summed E-state index contributed by atoms with van der Waals surface area (Å²) in [5, 5.41) is 12.2. The highest BCUT2D eigenvalue weighted by Crippen LogP contribution is 2.42. The van der Waals surface area contributed by atoms with E-state index in [4.69, 9.17) is 33.2 Å². The van der Waals surface area contributed by atoms with Crippen molar-refractivity contribution in [2.45, 2.75) is 148 Å². The molecule has 0 aromatic heterocycles. The molecule has 3 aromatic rings. The van der Waals surface area contributed by atoms with Crippen LogP contribution >= 0.6 is 0 Å². The summed E-state index contributed by atoms with van der Waals surface area (Å²) in [6.07, 6.45) is 7.86. The van der Waals surface area contributed by atoms with E-state index in [2.05, 4.69) is 26.6 Å². The average Bonchev–Trinajstić information content (AvgIpc) is 1.60. The number of anilines is 3. The number of carbonyl (C=O) groups is 9. The molecule has 96 heavy (non-hydrogen) atoms. The summed E-state index contributed by atoms with van der Waals surface area (Å²) in [4.78, 5) is 123. The number of nitrogens with one attached hydrogen (secondary N) is 5. The Morgan fingerprint density at radius 3 is 1.99 bits per heavy atom. The maximum absolute atomic E-state index is 14.2. The highest BCUT2D eigenvalue weighted by atomic mass is 32.2. The Balaban J connectivity index is 0.771. The largest absolute Gasteiger partial charge is 0.493 e. The molecule has 0 saturated carbocycles. The van der Waals surface area contributed by atoms with Crippen molar-refractivity contribution in [2.75, 3.05) is 82.4 Å². The van der Waals surface area contributed by atoms with E-state index in [-0.39, 0.29) is 135 Å². The van der Waals surface area contributed by atoms with Crippen LogP contribution in [0.5, 0.6) is 23.0 Å². The zero-order valence-corrected chi connectivity index (χ0v) is 56.6. The lowest BCUT2D eigenvalue weighted by molar-refractivity contribution is -0.138. The summed E-state index contributed by atoms with van der Waals surface area (Å²) < 4.78 is 76.8. The number of benzene rings is 3. The minimum absolute atomic E-state index is 0.00950. The van der Waals surface area contributed by atoms with Crippen molar-refractivity contribution in [3.63, 3.8) is 0 Å². The molecular weight excluding hydrogens is 1270 g/mol. The standard InChI is InChI=1S/C67H87N9O19S/c1-40(2)60(72-56(78)21-27-94-67(7,8)39-95-66(5,6)22-23-68-55(77)20-24-73-58(80)18-19-59(73)81)61(82)69-34-57(79)70-44-16-14-43(15-17-44)38-93-65(85)76-37-45-28-41(3)35-74(45)64(84)47-31-52(90-10)54(33-49(47)76)92-26-13-11-12-25-91-53-32-48-46(30-51(53)89-9)63(83)75-36-42(4)29-50(75)62(71-48)96(86,87)88/h14-19,30-33,35-36,40,45,50,60,62,71H,11-13,20-29,34,37-39H2,1-10H3,(H,68,77)(H,69,82)(H,70,79)(H,72,78)(H,86,87,88)/t45?,50-,60?,62?/m0/s1. The van der Waals surface area contributed by atoms with Gasteiger partial charge in [-0.2, -0.15) is 8.42 Å². The van der Waals surface area contributed by atoms with Crippen molar-refractivity contribution in [1.29, 1.82) is 0 Å². The number of methoxy groups -OCH3 is 2. The van der Waals surface area contributed by atoms with Crippen molar-refractivity contribution in [3.8, 4) is 23.0 Å². The molecule has 0 bridgehead atoms. The van der Waals surface area contributed by atoms with E-state index in [1.54, 1.807) is 74.5 Å². The molecule has 28 nitrogen and oxygen atoms in total. The molecule has 4 atom stereocenters. The molecule has 520 valence electrons. The molecule has 0 aliphatic carbocycles. The van der Waals surface area contributed by atoms with Crippen LogP contribution in [0.2, 0.25) is 0 Å². The van der Waals surface area contributed by atoms with Gasteiger partial charge in [0.2, 0.25) is 23.6 Å². The quantitative estimate of drug-likeness (QED) is 0.0225. The molecule has 5 aliphatic rings. The van der Waals surface area contributed by atoms with Crippen LogP contribution in [0.4, 0.5) is 21.9 Å². The third-order valence-corrected chi connectivity index (χ3v) is 17.8. The summed E-state index contributed by atoms with van der Waals surface area (Å²) in [5.74, 6) is -2.77. The Morgan fingerprint density at radius 2 is 1.34 bits per heavy atom. The van der Waals surface area contributed by atoms with Crippen molar-refractivity contribution in [1.82, 2.24) is 30.7 Å². The Kier molecular flexibility index (Phi) is 24.0. The molecule has 5 heterocycles. The van der Waals surface area contributed by atoms with E-state index in [0.29, 0.717) is 49.9 Å². The average molecular weight is 1350 g/mol. The third kappa shape index (κ3) is 18.9. The van der Waals surface area contributed by atoms with Gasteiger partial charge in [0.25, 0.3) is 33.7 Å². The van der Waals surface area contributed by atoms with E-state index >= 15 is 0 Å². The van der Waals surface area contributed by atoms with Gasteiger partial charge in [0.1, 0.15) is 12.6 Å². The molecule has 0 saturated heterocycles. The minimum atomic E-state index is -4.64. The number of ether oxygens (including phenoxy) is 7. The number of imide groups is 1. The van der Waals surface area contributed by atoms with Gasteiger partial charge in [-0.15, -0.1) is 0 Å². The number of rotatable bonds is 32. The molecule has 9 amide bonds. The summed E-state index contributed by atoms with van der Waals surface area (Å²) in [6.45, 7) is 15.0. The third-order valence-electron chi connectivity index (χ3n) is 16.7. The molecule has 8 rings (SSSR count). The minimum Gasteiger partial charge on any atom is -0.493 e. The molecule has 3 unspecified atom stereocenters. The Morgan fingerprint density at radius 1 is 0.719 bits per heavy atom. The Hall–Kier alpha value is -9.06. The summed E-state index contributed by atoms with van der Waals surface area (Å²) in [6, 6.07) is 10.5. The van der Waals surface area contributed by atoms with Gasteiger partial charge in [-0.25, -0.2) is 4.79 Å². The molecule has 0 radical (unpaired) electrons. The molecular formula is C67H87N9O19S. The monoisotopic (exact) mass is 1350 g/mol. The van der Waals surface area contributed by atoms with Gasteiger partial charge >= 0.3 is 6.09 Å². The lowest BCUT2D eigenvalue weighted by atomic mass is 10.0. The molecule has 0 fully saturated rings. The van der Waals surface area contributed by atoms with E-state index < -0.39 is 86.9 Å². The van der Waals surface area contributed by atoms with Crippen LogP contribution in [0, 0.1) is 5.92 Å². The number of nitrogens with zero attached hydrogens (tertiary/aromatic N) is 4. The van der Waals surface area contributed by atoms with E-state index in [1.165, 1.54) is 48.3 Å². The van der Waals surface area contributed by atoms with Gasteiger partial charge in [0, 0.05) is 61.9 Å². The van der Waals surface area contributed by atoms with Crippen LogP contribution in [0.3, 0.4) is 0 Å². The second-order valence-electron chi connectivity index (χ2n) is 25.7. The van der Waals surface area contributed by atoms with Crippen molar-refractivity contribution in [2.24, 2.45) is 5.92 Å². The number of carbonyl (C=O) groups excluding carboxylic acids is 9. The number of hydrogen-bond acceptors (Lipinski definition) is 19. The molecule has 0 spiro atoms. The van der Waals surface area contributed by atoms with Crippen LogP contribution < -0.4 is 50.4 Å². The van der Waals surface area contributed by atoms with Gasteiger partial charge in [-0.3, -0.25) is 52.7 Å². The summed E-state index contributed by atoms with van der Waals surface area (Å²) in [5.41, 5.74) is 2.06. The first-order valence-electron chi connectivity index (χ1n) is 31.9. The maximum atomic E-state index is 14.2. The predicted octanol–water partition coefficient (Wildman–Crippen LogP) is 6.36. The molecule has 5 aliphatic heterocycles. The predicted molar refractivity (Wildman–Crippen MR) is 352 cm³/mol. The SMILES string of the molecule is COc1cc2c(cc1OCCCCCOc1cc3c(cc1OC)C(=O)N1C=C(C)CC1CN3C(=O)OCc1ccc(NC(=O)CNC(=O)C(NC(=O)CCOC(C)(C)COC(C)(C)CCNC(=O)CCN3C(=O)C=CC3=O)C(C)C)cc1)NC(S(=O)(=O)O)[C@@H]1CC(C)=CN1C2=O. The van der Waals surface area contributed by atoms with Crippen molar-refractivity contribution in [3.05, 3.63) is 101 Å². The molecule has 29 heteroatoms. The molecule has 3 aromatic carbocycles. The fraction of sp³-hybridized carbons (Fsp3) is 0.507. The van der Waals surface area contributed by atoms with E-state index in [9.17, 15) is 56.1 Å². The summed E-state index contributed by atoms with van der Waals surface area (Å²) >= 11 is 0. The summed E-state index contributed by atoms with van der Waals surface area (Å²) in [7, 11) is -1.76. The smallest absolute Gasteiger partial charge is 0.414 e. The second kappa shape index (κ2) is 31.7. The van der Waals surface area contributed by atoms with Gasteiger partial charge < -0.3 is 69.5 Å². The maximum Gasteiger partial charge on any atom is 0.414 e. The van der Waals surface area contributed by atoms with Crippen LogP contribution in [0.15, 0.2) is 84.2 Å². The van der Waals surface area contributed by atoms with Crippen molar-refractivity contribution < 1.29 is 89.3 Å². The first-order chi connectivity index (χ1) is 45.4. The number of unbranched alkanes of at least 4 members (excludes halogenated alkanes) is 2. The van der Waals surface area contributed by atoms with Gasteiger partial charge in [0.15, 0.2) is 28.4 Å². The topological polar surface area (TPSA) is 346 Å². The fourth-order valence-corrected chi connectivity index (χ4v) is 12.3. The van der Waals surface area contributed by atoms with Gasteiger partial charge in [-0.05, 0) is 116 Å². The van der Waals surface area contributed by atoms with Gasteiger partial charge in [0.05, 0.1) is 106 Å². The highest BCUT2D eigenvalue weighted by molar-refractivity contribution is 7.86. The fourth-order valence-electron chi connectivity index (χ4n) is 11.4. The molecule has 6 N–H and O–H groups in total. The normalized spacial score (nSPS) is 17.9. The Labute approximate surface area is 558 Å². The second-order valence-corrected chi connectivity index (χ2v) is 27.3. The number of fused-ring (bicyclic) bond motifs is 4. The highest BCUT2D eigenvalue weighted by Gasteiger charge is 2.45. The van der Waals surface area contributed by atoms with Crippen LogP contribution in [-0.4, -0.2) is 183 Å². The van der Waals surface area contributed by atoms with Gasteiger partial charge in [-0.1, -0.05) is 37.1 Å². The first kappa shape index (κ1) is 72.8. The zero-order valence-electron chi connectivity index (χ0n) is 55.8. The van der Waals surface area contributed by atoms with Crippen molar-refractivity contribution >= 4 is 80.5 Å². The van der Waals surface area contributed by atoms with Crippen LogP contribution in [0.1, 0.15) is 133 Å². The van der Waals surface area contributed by atoms with Crippen LogP contribution in [0.25, 0.3) is 0 Å². The zero-order chi connectivity index (χ0) is 69.8. The van der Waals surface area contributed by atoms with E-state index in [0.717, 1.165) is 16.0 Å².